The van der Waals surface area contributed by atoms with Crippen LogP contribution in [-0.2, 0) is 4.74 Å². The van der Waals surface area contributed by atoms with Crippen LogP contribution in [0.3, 0.4) is 0 Å². The van der Waals surface area contributed by atoms with Crippen molar-refractivity contribution in [3.05, 3.63) is 12.2 Å². The Morgan fingerprint density at radius 3 is 2.64 bits per heavy atom. The number of hydrogen-bond acceptors (Lipinski definition) is 2. The molecule has 0 amide bonds. The molecule has 0 unspecified atom stereocenters. The summed E-state index contributed by atoms with van der Waals surface area (Å²) in [5, 5.41) is 3.37. The third-order valence-corrected chi connectivity index (χ3v) is 2.48. The van der Waals surface area contributed by atoms with E-state index in [0.717, 1.165) is 24.7 Å². The van der Waals surface area contributed by atoms with Crippen LogP contribution in [0.4, 0.5) is 0 Å². The summed E-state index contributed by atoms with van der Waals surface area (Å²) in [5.41, 5.74) is 1.12. The monoisotopic (exact) mass is 219 g/mol. The SMILES string of the molecule is C=C(C)COCCC1CCNCC1.Cl. The van der Waals surface area contributed by atoms with E-state index >= 15 is 0 Å². The maximum absolute atomic E-state index is 5.48. The fraction of sp³-hybridized carbons (Fsp3) is 0.818. The largest absolute Gasteiger partial charge is 0.377 e. The van der Waals surface area contributed by atoms with Gasteiger partial charge in [0.25, 0.3) is 0 Å². The van der Waals surface area contributed by atoms with E-state index in [1.807, 2.05) is 6.92 Å². The first-order valence-electron chi connectivity index (χ1n) is 5.22. The zero-order chi connectivity index (χ0) is 9.52. The number of nitrogens with one attached hydrogen (secondary N) is 1. The molecule has 3 heteroatoms. The van der Waals surface area contributed by atoms with E-state index in [-0.39, 0.29) is 12.4 Å². The molecule has 1 aliphatic heterocycles. The van der Waals surface area contributed by atoms with Gasteiger partial charge in [0.15, 0.2) is 0 Å². The van der Waals surface area contributed by atoms with Crippen LogP contribution >= 0.6 is 12.4 Å². The van der Waals surface area contributed by atoms with Gasteiger partial charge in [0.1, 0.15) is 0 Å². The summed E-state index contributed by atoms with van der Waals surface area (Å²) >= 11 is 0. The molecule has 0 aromatic rings. The Morgan fingerprint density at radius 1 is 1.43 bits per heavy atom. The maximum atomic E-state index is 5.48. The van der Waals surface area contributed by atoms with E-state index in [9.17, 15) is 0 Å². The number of halogens is 1. The standard InChI is InChI=1S/C11H21NO.ClH/c1-10(2)9-13-8-5-11-3-6-12-7-4-11;/h11-12H,1,3-9H2,2H3;1H. The molecule has 0 aliphatic carbocycles. The van der Waals surface area contributed by atoms with Crippen LogP contribution in [0.15, 0.2) is 12.2 Å². The second-order valence-electron chi connectivity index (χ2n) is 3.99. The van der Waals surface area contributed by atoms with Gasteiger partial charge in [0.05, 0.1) is 6.61 Å². The van der Waals surface area contributed by atoms with Crippen LogP contribution in [0, 0.1) is 5.92 Å². The Balaban J connectivity index is 0.00000169. The van der Waals surface area contributed by atoms with Crippen molar-refractivity contribution in [2.24, 2.45) is 5.92 Å². The predicted octanol–water partition coefficient (Wildman–Crippen LogP) is 2.39. The third-order valence-electron chi connectivity index (χ3n) is 2.48. The lowest BCUT2D eigenvalue weighted by atomic mass is 9.95. The molecule has 1 fully saturated rings. The molecule has 0 bridgehead atoms. The molecule has 1 N–H and O–H groups in total. The summed E-state index contributed by atoms with van der Waals surface area (Å²) in [6.07, 6.45) is 3.85. The van der Waals surface area contributed by atoms with E-state index in [4.69, 9.17) is 4.74 Å². The Morgan fingerprint density at radius 2 is 2.07 bits per heavy atom. The van der Waals surface area contributed by atoms with Crippen molar-refractivity contribution in [3.8, 4) is 0 Å². The molecule has 0 atom stereocenters. The fourth-order valence-corrected chi connectivity index (χ4v) is 1.67. The molecular formula is C11H22ClNO. The van der Waals surface area contributed by atoms with E-state index in [1.54, 1.807) is 0 Å². The van der Waals surface area contributed by atoms with Crippen LogP contribution in [0.25, 0.3) is 0 Å². The van der Waals surface area contributed by atoms with Gasteiger partial charge in [-0.15, -0.1) is 12.4 Å². The van der Waals surface area contributed by atoms with Gasteiger partial charge in [-0.05, 0) is 45.2 Å². The van der Waals surface area contributed by atoms with Crippen molar-refractivity contribution >= 4 is 12.4 Å². The molecule has 2 nitrogen and oxygen atoms in total. The summed E-state index contributed by atoms with van der Waals surface area (Å²) in [5.74, 6) is 0.881. The second kappa shape index (κ2) is 8.27. The van der Waals surface area contributed by atoms with Crippen LogP contribution in [0.1, 0.15) is 26.2 Å². The smallest absolute Gasteiger partial charge is 0.0671 e. The molecule has 0 radical (unpaired) electrons. The molecule has 14 heavy (non-hydrogen) atoms. The summed E-state index contributed by atoms with van der Waals surface area (Å²) < 4.78 is 5.48. The van der Waals surface area contributed by atoms with E-state index in [1.165, 1.54) is 32.4 Å². The molecule has 1 rings (SSSR count). The molecule has 0 saturated carbocycles. The van der Waals surface area contributed by atoms with Gasteiger partial charge in [-0.1, -0.05) is 12.2 Å². The summed E-state index contributed by atoms with van der Waals surface area (Å²) in [6.45, 7) is 9.81. The van der Waals surface area contributed by atoms with Crippen LogP contribution in [-0.4, -0.2) is 26.3 Å². The van der Waals surface area contributed by atoms with Gasteiger partial charge in [0, 0.05) is 6.61 Å². The van der Waals surface area contributed by atoms with Gasteiger partial charge in [-0.25, -0.2) is 0 Å². The average molecular weight is 220 g/mol. The van der Waals surface area contributed by atoms with Crippen molar-refractivity contribution in [2.75, 3.05) is 26.3 Å². The number of piperidine rings is 1. The molecule has 0 aromatic carbocycles. The van der Waals surface area contributed by atoms with Crippen molar-refractivity contribution in [3.63, 3.8) is 0 Å². The quantitative estimate of drug-likeness (QED) is 0.567. The van der Waals surface area contributed by atoms with Crippen molar-refractivity contribution in [2.45, 2.75) is 26.2 Å². The third kappa shape index (κ3) is 6.41. The van der Waals surface area contributed by atoms with Crippen LogP contribution in [0.5, 0.6) is 0 Å². The summed E-state index contributed by atoms with van der Waals surface area (Å²) in [4.78, 5) is 0. The Bertz CT molecular complexity index is 155. The minimum atomic E-state index is 0. The zero-order valence-electron chi connectivity index (χ0n) is 9.05. The Hall–Kier alpha value is -0.0500. The summed E-state index contributed by atoms with van der Waals surface area (Å²) in [6, 6.07) is 0. The minimum Gasteiger partial charge on any atom is -0.377 e. The molecule has 1 saturated heterocycles. The highest BCUT2D eigenvalue weighted by atomic mass is 35.5. The number of ether oxygens (including phenoxy) is 1. The van der Waals surface area contributed by atoms with Crippen molar-refractivity contribution in [1.82, 2.24) is 5.32 Å². The molecule has 84 valence electrons. The van der Waals surface area contributed by atoms with Crippen molar-refractivity contribution < 1.29 is 4.74 Å². The van der Waals surface area contributed by atoms with Gasteiger partial charge in [-0.2, -0.15) is 0 Å². The normalized spacial score (nSPS) is 17.5. The lowest BCUT2D eigenvalue weighted by molar-refractivity contribution is 0.134. The van der Waals surface area contributed by atoms with Gasteiger partial charge >= 0.3 is 0 Å². The highest BCUT2D eigenvalue weighted by Crippen LogP contribution is 2.15. The van der Waals surface area contributed by atoms with Gasteiger partial charge in [-0.3, -0.25) is 0 Å². The molecule has 0 spiro atoms. The lowest BCUT2D eigenvalue weighted by Gasteiger charge is -2.22. The number of rotatable bonds is 5. The lowest BCUT2D eigenvalue weighted by Crippen LogP contribution is -2.28. The van der Waals surface area contributed by atoms with E-state index < -0.39 is 0 Å². The molecule has 1 aliphatic rings. The first-order chi connectivity index (χ1) is 6.29. The van der Waals surface area contributed by atoms with E-state index in [2.05, 4.69) is 11.9 Å². The van der Waals surface area contributed by atoms with Gasteiger partial charge < -0.3 is 10.1 Å². The van der Waals surface area contributed by atoms with Crippen LogP contribution < -0.4 is 5.32 Å². The Labute approximate surface area is 93.5 Å². The number of hydrogen-bond donors (Lipinski definition) is 1. The first-order valence-corrected chi connectivity index (χ1v) is 5.22. The maximum Gasteiger partial charge on any atom is 0.0671 e. The minimum absolute atomic E-state index is 0. The predicted molar refractivity (Wildman–Crippen MR) is 63.1 cm³/mol. The Kier molecular flexibility index (Phi) is 8.24. The molecule has 0 aromatic heterocycles. The van der Waals surface area contributed by atoms with Crippen LogP contribution in [0.2, 0.25) is 0 Å². The van der Waals surface area contributed by atoms with Crippen molar-refractivity contribution in [1.29, 1.82) is 0 Å². The average Bonchev–Trinajstić information content (AvgIpc) is 2.14. The molecule has 1 heterocycles. The first kappa shape index (κ1) is 13.9. The second-order valence-corrected chi connectivity index (χ2v) is 3.99. The fourth-order valence-electron chi connectivity index (χ4n) is 1.67. The van der Waals surface area contributed by atoms with E-state index in [0.29, 0.717) is 0 Å². The topological polar surface area (TPSA) is 21.3 Å². The highest BCUT2D eigenvalue weighted by Gasteiger charge is 2.11. The summed E-state index contributed by atoms with van der Waals surface area (Å²) in [7, 11) is 0. The molecular weight excluding hydrogens is 198 g/mol. The zero-order valence-corrected chi connectivity index (χ0v) is 9.87. The van der Waals surface area contributed by atoms with Gasteiger partial charge in [0.2, 0.25) is 0 Å². The highest BCUT2D eigenvalue weighted by molar-refractivity contribution is 5.85.